The Kier molecular flexibility index (Phi) is 6.57. The normalized spacial score (nSPS) is 15.1. The van der Waals surface area contributed by atoms with Crippen LogP contribution in [0.2, 0.25) is 0 Å². The smallest absolute Gasteiger partial charge is 0.231 e. The number of anilines is 2. The molecule has 0 spiro atoms. The monoisotopic (exact) mass is 500 g/mol. The third kappa shape index (κ3) is 5.20. The Morgan fingerprint density at radius 3 is 2.70 bits per heavy atom. The number of nitrogens with one attached hydrogen (secondary N) is 2. The number of para-hydroxylation sites is 1. The molecule has 4 heterocycles. The maximum absolute atomic E-state index is 12.9. The van der Waals surface area contributed by atoms with Crippen molar-refractivity contribution in [3.05, 3.63) is 66.4 Å². The highest BCUT2D eigenvalue weighted by Crippen LogP contribution is 2.34. The van der Waals surface area contributed by atoms with Crippen LogP contribution in [0.5, 0.6) is 11.5 Å². The molecule has 4 aromatic rings. The van der Waals surface area contributed by atoms with Gasteiger partial charge in [-0.25, -0.2) is 0 Å². The van der Waals surface area contributed by atoms with Gasteiger partial charge in [0.2, 0.25) is 12.7 Å². The molecule has 0 aliphatic carbocycles. The standard InChI is InChI=1S/C27H28N6O4/c34-27(29-20-5-6-23-24(16-20)37-18-36-23)15-19-17-33(22-4-2-1-3-21(19)22)26-8-7-25(30-31-26)28-9-10-32-11-13-35-14-12-32/h1-8,16-17H,9-15,18H2,(H,28,30)(H,29,34). The fourth-order valence-corrected chi connectivity index (χ4v) is 4.65. The molecule has 2 aliphatic heterocycles. The van der Waals surface area contributed by atoms with Crippen molar-refractivity contribution < 1.29 is 19.0 Å². The topological polar surface area (TPSA) is 103 Å². The first-order valence-electron chi connectivity index (χ1n) is 12.4. The lowest BCUT2D eigenvalue weighted by Crippen LogP contribution is -2.39. The predicted octanol–water partition coefficient (Wildman–Crippen LogP) is 3.07. The van der Waals surface area contributed by atoms with E-state index in [1.807, 2.05) is 47.2 Å². The van der Waals surface area contributed by atoms with E-state index in [2.05, 4.69) is 25.7 Å². The van der Waals surface area contributed by atoms with E-state index in [0.29, 0.717) is 23.0 Å². The highest BCUT2D eigenvalue weighted by molar-refractivity contribution is 5.96. The quantitative estimate of drug-likeness (QED) is 0.381. The number of hydrogen-bond donors (Lipinski definition) is 2. The number of ether oxygens (including phenoxy) is 3. The molecule has 2 aliphatic rings. The summed E-state index contributed by atoms with van der Waals surface area (Å²) in [6.07, 6.45) is 2.18. The number of aromatic nitrogens is 3. The van der Waals surface area contributed by atoms with Crippen molar-refractivity contribution in [3.8, 4) is 17.3 Å². The van der Waals surface area contributed by atoms with Gasteiger partial charge in [-0.05, 0) is 35.9 Å². The summed E-state index contributed by atoms with van der Waals surface area (Å²) in [5.74, 6) is 2.62. The lowest BCUT2D eigenvalue weighted by atomic mass is 10.1. The summed E-state index contributed by atoms with van der Waals surface area (Å²) in [5.41, 5.74) is 2.54. The predicted molar refractivity (Wildman–Crippen MR) is 140 cm³/mol. The SMILES string of the molecule is O=C(Cc1cn(-c2ccc(NCCN3CCOCC3)nn2)c2ccccc12)Nc1ccc2c(c1)OCO2. The first-order chi connectivity index (χ1) is 18.2. The number of benzene rings is 2. The van der Waals surface area contributed by atoms with Crippen molar-refractivity contribution >= 4 is 28.3 Å². The molecule has 0 unspecified atom stereocenters. The largest absolute Gasteiger partial charge is 0.454 e. The van der Waals surface area contributed by atoms with E-state index < -0.39 is 0 Å². The first kappa shape index (κ1) is 23.3. The van der Waals surface area contributed by atoms with E-state index in [4.69, 9.17) is 14.2 Å². The summed E-state index contributed by atoms with van der Waals surface area (Å²) < 4.78 is 18.1. The minimum absolute atomic E-state index is 0.118. The molecule has 2 aromatic carbocycles. The van der Waals surface area contributed by atoms with Gasteiger partial charge in [0.1, 0.15) is 5.82 Å². The number of carbonyl (C=O) groups excluding carboxylic acids is 1. The number of morpholine rings is 1. The van der Waals surface area contributed by atoms with E-state index in [-0.39, 0.29) is 19.1 Å². The van der Waals surface area contributed by atoms with Gasteiger partial charge in [-0.1, -0.05) is 18.2 Å². The molecule has 1 fully saturated rings. The highest BCUT2D eigenvalue weighted by atomic mass is 16.7. The van der Waals surface area contributed by atoms with Gasteiger partial charge in [-0.2, -0.15) is 0 Å². The van der Waals surface area contributed by atoms with Crippen LogP contribution in [0.3, 0.4) is 0 Å². The average Bonchev–Trinajstić information content (AvgIpc) is 3.54. The summed E-state index contributed by atoms with van der Waals surface area (Å²) >= 11 is 0. The van der Waals surface area contributed by atoms with Crippen LogP contribution >= 0.6 is 0 Å². The minimum Gasteiger partial charge on any atom is -0.454 e. The van der Waals surface area contributed by atoms with Gasteiger partial charge in [0.15, 0.2) is 17.3 Å². The Morgan fingerprint density at radius 2 is 1.84 bits per heavy atom. The fourth-order valence-electron chi connectivity index (χ4n) is 4.65. The molecule has 1 amide bonds. The van der Waals surface area contributed by atoms with E-state index in [0.717, 1.165) is 61.7 Å². The van der Waals surface area contributed by atoms with E-state index in [1.54, 1.807) is 18.2 Å². The van der Waals surface area contributed by atoms with Crippen molar-refractivity contribution in [2.75, 3.05) is 56.8 Å². The third-order valence-corrected chi connectivity index (χ3v) is 6.54. The lowest BCUT2D eigenvalue weighted by molar-refractivity contribution is -0.115. The summed E-state index contributed by atoms with van der Waals surface area (Å²) in [5, 5.41) is 16.1. The Balaban J connectivity index is 1.14. The van der Waals surface area contributed by atoms with Crippen LogP contribution in [0.15, 0.2) is 60.8 Å². The summed E-state index contributed by atoms with van der Waals surface area (Å²) in [4.78, 5) is 15.3. The first-order valence-corrected chi connectivity index (χ1v) is 12.4. The second-order valence-electron chi connectivity index (χ2n) is 8.99. The maximum Gasteiger partial charge on any atom is 0.231 e. The molecule has 37 heavy (non-hydrogen) atoms. The molecule has 190 valence electrons. The van der Waals surface area contributed by atoms with Crippen LogP contribution in [-0.2, 0) is 16.0 Å². The second kappa shape index (κ2) is 10.5. The number of hydrogen-bond acceptors (Lipinski definition) is 8. The van der Waals surface area contributed by atoms with Crippen LogP contribution in [0.1, 0.15) is 5.56 Å². The van der Waals surface area contributed by atoms with E-state index >= 15 is 0 Å². The molecular weight excluding hydrogens is 472 g/mol. The van der Waals surface area contributed by atoms with Crippen molar-refractivity contribution in [2.45, 2.75) is 6.42 Å². The number of rotatable bonds is 8. The number of carbonyl (C=O) groups is 1. The van der Waals surface area contributed by atoms with E-state index in [1.165, 1.54) is 0 Å². The van der Waals surface area contributed by atoms with Crippen molar-refractivity contribution in [1.29, 1.82) is 0 Å². The zero-order valence-electron chi connectivity index (χ0n) is 20.4. The van der Waals surface area contributed by atoms with Crippen molar-refractivity contribution in [3.63, 3.8) is 0 Å². The molecular formula is C27H28N6O4. The van der Waals surface area contributed by atoms with E-state index in [9.17, 15) is 4.79 Å². The maximum atomic E-state index is 12.9. The average molecular weight is 501 g/mol. The Hall–Kier alpha value is -4.15. The van der Waals surface area contributed by atoms with Crippen molar-refractivity contribution in [2.24, 2.45) is 0 Å². The second-order valence-corrected chi connectivity index (χ2v) is 8.99. The molecule has 10 nitrogen and oxygen atoms in total. The number of amides is 1. The minimum atomic E-state index is -0.118. The number of fused-ring (bicyclic) bond motifs is 2. The van der Waals surface area contributed by atoms with Crippen LogP contribution in [0, 0.1) is 0 Å². The fraction of sp³-hybridized carbons (Fsp3) is 0.296. The Morgan fingerprint density at radius 1 is 0.973 bits per heavy atom. The Labute approximate surface area is 214 Å². The number of nitrogens with zero attached hydrogens (tertiary/aromatic N) is 4. The summed E-state index contributed by atoms with van der Waals surface area (Å²) in [6, 6.07) is 17.2. The van der Waals surface area contributed by atoms with Crippen LogP contribution < -0.4 is 20.1 Å². The molecule has 6 rings (SSSR count). The van der Waals surface area contributed by atoms with Crippen molar-refractivity contribution in [1.82, 2.24) is 19.7 Å². The van der Waals surface area contributed by atoms with Crippen LogP contribution in [0.4, 0.5) is 11.5 Å². The van der Waals surface area contributed by atoms with Gasteiger partial charge in [0.05, 0.1) is 25.2 Å². The summed E-state index contributed by atoms with van der Waals surface area (Å²) in [6.45, 7) is 5.44. The molecule has 2 aromatic heterocycles. The molecule has 2 N–H and O–H groups in total. The summed E-state index contributed by atoms with van der Waals surface area (Å²) in [7, 11) is 0. The molecule has 0 saturated carbocycles. The third-order valence-electron chi connectivity index (χ3n) is 6.54. The van der Waals surface area contributed by atoms with Crippen LogP contribution in [-0.4, -0.2) is 71.8 Å². The van der Waals surface area contributed by atoms with Gasteiger partial charge in [0.25, 0.3) is 0 Å². The Bertz CT molecular complexity index is 1400. The molecule has 1 saturated heterocycles. The highest BCUT2D eigenvalue weighted by Gasteiger charge is 2.17. The van der Waals surface area contributed by atoms with Gasteiger partial charge in [-0.15, -0.1) is 10.2 Å². The zero-order valence-corrected chi connectivity index (χ0v) is 20.4. The van der Waals surface area contributed by atoms with Crippen LogP contribution in [0.25, 0.3) is 16.7 Å². The lowest BCUT2D eigenvalue weighted by Gasteiger charge is -2.26. The molecule has 0 bridgehead atoms. The molecule has 0 atom stereocenters. The zero-order chi connectivity index (χ0) is 25.0. The van der Waals surface area contributed by atoms with Gasteiger partial charge in [-0.3, -0.25) is 14.3 Å². The molecule has 10 heteroatoms. The van der Waals surface area contributed by atoms with Gasteiger partial charge >= 0.3 is 0 Å². The van der Waals surface area contributed by atoms with Gasteiger partial charge in [0, 0.05) is 49.5 Å². The molecule has 0 radical (unpaired) electrons. The van der Waals surface area contributed by atoms with Gasteiger partial charge < -0.3 is 24.8 Å².